The second kappa shape index (κ2) is 8.57. The highest BCUT2D eigenvalue weighted by atomic mass is 79.9. The van der Waals surface area contributed by atoms with E-state index in [0.29, 0.717) is 16.3 Å². The van der Waals surface area contributed by atoms with Gasteiger partial charge in [0.2, 0.25) is 0 Å². The second-order valence-corrected chi connectivity index (χ2v) is 9.67. The maximum absolute atomic E-state index is 13.3. The van der Waals surface area contributed by atoms with Crippen LogP contribution in [0.3, 0.4) is 0 Å². The SMILES string of the molecule is CCc1ccc2nc(N3C(=O)C(=O)/C(=C(/O)c4ccccc4)[C@H]3c3cccc(Br)c3)sc2c1. The number of aryl methyl sites for hydroxylation is 1. The minimum atomic E-state index is -0.797. The molecule has 0 unspecified atom stereocenters. The number of nitrogens with zero attached hydrogens (tertiary/aromatic N) is 2. The monoisotopic (exact) mass is 518 g/mol. The number of anilines is 1. The van der Waals surface area contributed by atoms with Crippen molar-refractivity contribution in [2.75, 3.05) is 4.90 Å². The maximum atomic E-state index is 13.3. The molecule has 1 saturated heterocycles. The molecular formula is C26H19BrN2O3S. The first kappa shape index (κ1) is 21.6. The maximum Gasteiger partial charge on any atom is 0.301 e. The van der Waals surface area contributed by atoms with Gasteiger partial charge < -0.3 is 5.11 Å². The van der Waals surface area contributed by atoms with Crippen LogP contribution in [0, 0.1) is 0 Å². The van der Waals surface area contributed by atoms with Crippen molar-refractivity contribution in [3.05, 3.63) is 99.5 Å². The number of rotatable bonds is 4. The van der Waals surface area contributed by atoms with E-state index in [2.05, 4.69) is 33.9 Å². The molecule has 2 heterocycles. The largest absolute Gasteiger partial charge is 0.507 e. The van der Waals surface area contributed by atoms with E-state index in [1.807, 2.05) is 42.5 Å². The molecule has 7 heteroatoms. The molecule has 4 aromatic rings. The first-order chi connectivity index (χ1) is 16.0. The summed E-state index contributed by atoms with van der Waals surface area (Å²) in [5, 5.41) is 11.6. The molecule has 1 aromatic heterocycles. The van der Waals surface area contributed by atoms with Gasteiger partial charge >= 0.3 is 5.91 Å². The lowest BCUT2D eigenvalue weighted by Crippen LogP contribution is -2.29. The Balaban J connectivity index is 1.73. The van der Waals surface area contributed by atoms with Crippen molar-refractivity contribution < 1.29 is 14.7 Å². The summed E-state index contributed by atoms with van der Waals surface area (Å²) in [4.78, 5) is 32.6. The Morgan fingerprint density at radius 3 is 2.58 bits per heavy atom. The molecule has 1 aliphatic heterocycles. The van der Waals surface area contributed by atoms with Gasteiger partial charge in [0.1, 0.15) is 5.76 Å². The van der Waals surface area contributed by atoms with Crippen LogP contribution in [0.4, 0.5) is 5.13 Å². The van der Waals surface area contributed by atoms with Crippen LogP contribution >= 0.6 is 27.3 Å². The van der Waals surface area contributed by atoms with Crippen LogP contribution in [0.5, 0.6) is 0 Å². The van der Waals surface area contributed by atoms with Gasteiger partial charge in [-0.3, -0.25) is 14.5 Å². The summed E-state index contributed by atoms with van der Waals surface area (Å²) in [5.74, 6) is -1.63. The summed E-state index contributed by atoms with van der Waals surface area (Å²) < 4.78 is 1.75. The zero-order valence-corrected chi connectivity index (χ0v) is 20.1. The van der Waals surface area contributed by atoms with E-state index in [-0.39, 0.29) is 11.3 Å². The van der Waals surface area contributed by atoms with Gasteiger partial charge in [0, 0.05) is 10.0 Å². The quantitative estimate of drug-likeness (QED) is 0.197. The van der Waals surface area contributed by atoms with Crippen molar-refractivity contribution >= 4 is 60.1 Å². The molecule has 1 atom stereocenters. The van der Waals surface area contributed by atoms with Crippen molar-refractivity contribution in [1.29, 1.82) is 0 Å². The van der Waals surface area contributed by atoms with Gasteiger partial charge in [-0.1, -0.05) is 82.7 Å². The minimum absolute atomic E-state index is 0.0535. The summed E-state index contributed by atoms with van der Waals surface area (Å²) in [6, 6.07) is 21.4. The van der Waals surface area contributed by atoms with Crippen LogP contribution in [0.25, 0.3) is 16.0 Å². The van der Waals surface area contributed by atoms with Crippen LogP contribution in [-0.2, 0) is 16.0 Å². The fourth-order valence-corrected chi connectivity index (χ4v) is 5.53. The van der Waals surface area contributed by atoms with Crippen molar-refractivity contribution in [2.24, 2.45) is 0 Å². The first-order valence-electron chi connectivity index (χ1n) is 10.5. The number of aliphatic hydroxyl groups excluding tert-OH is 1. The van der Waals surface area contributed by atoms with Crippen molar-refractivity contribution in [2.45, 2.75) is 19.4 Å². The van der Waals surface area contributed by atoms with Crippen LogP contribution in [0.1, 0.15) is 29.7 Å². The van der Waals surface area contributed by atoms with Crippen LogP contribution in [0.15, 0.2) is 82.8 Å². The molecule has 33 heavy (non-hydrogen) atoms. The molecule has 0 radical (unpaired) electrons. The summed E-state index contributed by atoms with van der Waals surface area (Å²) in [5.41, 5.74) is 3.18. The number of Topliss-reactive ketones (excluding diaryl/α,β-unsaturated/α-hetero) is 1. The predicted molar refractivity (Wildman–Crippen MR) is 134 cm³/mol. The van der Waals surface area contributed by atoms with Gasteiger partial charge in [0.15, 0.2) is 5.13 Å². The number of hydrogen-bond acceptors (Lipinski definition) is 5. The number of carbonyl (C=O) groups is 2. The lowest BCUT2D eigenvalue weighted by molar-refractivity contribution is -0.132. The van der Waals surface area contributed by atoms with Crippen molar-refractivity contribution in [3.8, 4) is 0 Å². The number of benzene rings is 3. The summed E-state index contributed by atoms with van der Waals surface area (Å²) in [6.45, 7) is 2.08. The Morgan fingerprint density at radius 1 is 1.06 bits per heavy atom. The number of thiazole rings is 1. The lowest BCUT2D eigenvalue weighted by atomic mass is 9.95. The Hall–Kier alpha value is -3.29. The van der Waals surface area contributed by atoms with E-state index in [1.165, 1.54) is 21.8 Å². The van der Waals surface area contributed by atoms with Gasteiger partial charge in [-0.05, 0) is 41.8 Å². The molecule has 0 aliphatic carbocycles. The topological polar surface area (TPSA) is 70.5 Å². The predicted octanol–water partition coefficient (Wildman–Crippen LogP) is 6.25. The highest BCUT2D eigenvalue weighted by Gasteiger charge is 2.48. The Labute approximate surface area is 203 Å². The Bertz CT molecular complexity index is 1430. The average molecular weight is 519 g/mol. The number of aromatic nitrogens is 1. The second-order valence-electron chi connectivity index (χ2n) is 7.74. The van der Waals surface area contributed by atoms with Crippen molar-refractivity contribution in [3.63, 3.8) is 0 Å². The zero-order chi connectivity index (χ0) is 23.1. The summed E-state index contributed by atoms with van der Waals surface area (Å²) in [7, 11) is 0. The van der Waals surface area contributed by atoms with E-state index < -0.39 is 17.7 Å². The van der Waals surface area contributed by atoms with Crippen LogP contribution in [0.2, 0.25) is 0 Å². The highest BCUT2D eigenvalue weighted by Crippen LogP contribution is 2.44. The number of fused-ring (bicyclic) bond motifs is 1. The van der Waals surface area contributed by atoms with Gasteiger partial charge in [0.05, 0.1) is 21.8 Å². The van der Waals surface area contributed by atoms with E-state index in [4.69, 9.17) is 0 Å². The van der Waals surface area contributed by atoms with Gasteiger partial charge in [-0.25, -0.2) is 4.98 Å². The number of ketones is 1. The number of halogens is 1. The molecule has 5 nitrogen and oxygen atoms in total. The van der Waals surface area contributed by atoms with E-state index in [0.717, 1.165) is 21.1 Å². The molecule has 5 rings (SSSR count). The molecule has 1 aliphatic rings. The fourth-order valence-electron chi connectivity index (χ4n) is 4.05. The number of hydrogen-bond donors (Lipinski definition) is 1. The summed E-state index contributed by atoms with van der Waals surface area (Å²) in [6.07, 6.45) is 0.892. The van der Waals surface area contributed by atoms with Gasteiger partial charge in [-0.2, -0.15) is 0 Å². The minimum Gasteiger partial charge on any atom is -0.507 e. The lowest BCUT2D eigenvalue weighted by Gasteiger charge is -2.23. The average Bonchev–Trinajstić information content (AvgIpc) is 3.37. The Kier molecular flexibility index (Phi) is 5.60. The molecule has 0 saturated carbocycles. The number of amides is 1. The third-order valence-electron chi connectivity index (χ3n) is 5.71. The zero-order valence-electron chi connectivity index (χ0n) is 17.7. The van der Waals surface area contributed by atoms with Gasteiger partial charge in [0.25, 0.3) is 5.78 Å². The van der Waals surface area contributed by atoms with E-state index in [1.54, 1.807) is 24.3 Å². The molecule has 0 spiro atoms. The van der Waals surface area contributed by atoms with E-state index in [9.17, 15) is 14.7 Å². The Morgan fingerprint density at radius 2 is 1.85 bits per heavy atom. The molecule has 1 N–H and O–H groups in total. The number of aliphatic hydroxyl groups is 1. The third kappa shape index (κ3) is 3.77. The number of carbonyl (C=O) groups excluding carboxylic acids is 2. The van der Waals surface area contributed by atoms with Crippen molar-refractivity contribution in [1.82, 2.24) is 4.98 Å². The highest BCUT2D eigenvalue weighted by molar-refractivity contribution is 9.10. The normalized spacial score (nSPS) is 17.8. The standard InChI is InChI=1S/C26H19BrN2O3S/c1-2-15-11-12-19-20(13-15)33-26(28-19)29-22(17-9-6-10-18(27)14-17)21(24(31)25(29)32)23(30)16-7-4-3-5-8-16/h3-14,22,30H,2H2,1H3/b23-21+/t22-/m1/s1. The first-order valence-corrected chi connectivity index (χ1v) is 12.1. The smallest absolute Gasteiger partial charge is 0.301 e. The third-order valence-corrected chi connectivity index (χ3v) is 7.22. The molecular weight excluding hydrogens is 500 g/mol. The van der Waals surface area contributed by atoms with E-state index >= 15 is 0 Å². The molecule has 0 bridgehead atoms. The van der Waals surface area contributed by atoms with Gasteiger partial charge in [-0.15, -0.1) is 0 Å². The molecule has 1 fully saturated rings. The summed E-state index contributed by atoms with van der Waals surface area (Å²) >= 11 is 4.85. The fraction of sp³-hybridized carbons (Fsp3) is 0.115. The molecule has 1 amide bonds. The van der Waals surface area contributed by atoms with Crippen LogP contribution < -0.4 is 4.90 Å². The molecule has 3 aromatic carbocycles. The van der Waals surface area contributed by atoms with Crippen LogP contribution in [-0.4, -0.2) is 21.8 Å². The molecule has 164 valence electrons.